The van der Waals surface area contributed by atoms with Gasteiger partial charge in [-0.2, -0.15) is 0 Å². The van der Waals surface area contributed by atoms with Gasteiger partial charge in [-0.05, 0) is 49.9 Å². The minimum absolute atomic E-state index is 0.0684. The molecule has 0 unspecified atom stereocenters. The molecule has 3 rings (SSSR count). The molecular weight excluding hydrogens is 208 g/mol. The largest absolute Gasteiger partial charge is 0.357 e. The zero-order valence-electron chi connectivity index (χ0n) is 10.9. The molecular formula is C15H20N2. The number of hydrogen-bond donors (Lipinski definition) is 2. The van der Waals surface area contributed by atoms with Gasteiger partial charge in [-0.3, -0.25) is 0 Å². The van der Waals surface area contributed by atoms with Crippen molar-refractivity contribution in [3.63, 3.8) is 0 Å². The molecule has 17 heavy (non-hydrogen) atoms. The van der Waals surface area contributed by atoms with E-state index in [1.54, 1.807) is 0 Å². The Morgan fingerprint density at radius 1 is 1.29 bits per heavy atom. The lowest BCUT2D eigenvalue weighted by Gasteiger charge is -2.31. The fraction of sp³-hybridized carbons (Fsp3) is 0.467. The van der Waals surface area contributed by atoms with Gasteiger partial charge in [0.05, 0.1) is 5.54 Å². The van der Waals surface area contributed by atoms with Crippen LogP contribution >= 0.6 is 0 Å². The third-order valence-electron chi connectivity index (χ3n) is 3.95. The molecule has 90 valence electrons. The van der Waals surface area contributed by atoms with Crippen LogP contribution < -0.4 is 5.32 Å². The van der Waals surface area contributed by atoms with Crippen LogP contribution in [0.25, 0.3) is 10.9 Å². The van der Waals surface area contributed by atoms with E-state index in [1.807, 2.05) is 0 Å². The second-order valence-corrected chi connectivity index (χ2v) is 5.51. The molecule has 1 aliphatic heterocycles. The maximum Gasteiger partial charge on any atom is 0.0532 e. The number of aryl methyl sites for hydroxylation is 1. The van der Waals surface area contributed by atoms with E-state index in [0.29, 0.717) is 0 Å². The van der Waals surface area contributed by atoms with Crippen LogP contribution in [0.3, 0.4) is 0 Å². The van der Waals surface area contributed by atoms with E-state index in [4.69, 9.17) is 0 Å². The van der Waals surface area contributed by atoms with Crippen LogP contribution in [-0.2, 0) is 18.4 Å². The monoisotopic (exact) mass is 228 g/mol. The van der Waals surface area contributed by atoms with Gasteiger partial charge < -0.3 is 10.3 Å². The van der Waals surface area contributed by atoms with Crippen LogP contribution in [-0.4, -0.2) is 11.5 Å². The van der Waals surface area contributed by atoms with Crippen molar-refractivity contribution in [1.29, 1.82) is 0 Å². The fourth-order valence-corrected chi connectivity index (χ4v) is 2.90. The highest BCUT2D eigenvalue weighted by Gasteiger charge is 2.29. The minimum Gasteiger partial charge on any atom is -0.357 e. The molecule has 2 N–H and O–H groups in total. The molecule has 1 aromatic heterocycles. The summed E-state index contributed by atoms with van der Waals surface area (Å²) in [6.07, 6.45) is 2.24. The van der Waals surface area contributed by atoms with Gasteiger partial charge >= 0.3 is 0 Å². The van der Waals surface area contributed by atoms with Crippen molar-refractivity contribution >= 4 is 10.9 Å². The smallest absolute Gasteiger partial charge is 0.0532 e. The van der Waals surface area contributed by atoms with Gasteiger partial charge in [-0.15, -0.1) is 0 Å². The molecule has 0 atom stereocenters. The summed E-state index contributed by atoms with van der Waals surface area (Å²) in [6, 6.07) is 6.80. The lowest BCUT2D eigenvalue weighted by molar-refractivity contribution is 0.374. The van der Waals surface area contributed by atoms with Crippen LogP contribution in [0, 0.1) is 0 Å². The average Bonchev–Trinajstić information content (AvgIpc) is 2.68. The Balaban J connectivity index is 2.27. The van der Waals surface area contributed by atoms with E-state index in [1.165, 1.54) is 27.7 Å². The summed E-state index contributed by atoms with van der Waals surface area (Å²) in [7, 11) is 0. The number of fused-ring (bicyclic) bond motifs is 3. The predicted molar refractivity (Wildman–Crippen MR) is 72.4 cm³/mol. The maximum absolute atomic E-state index is 3.60. The van der Waals surface area contributed by atoms with Crippen molar-refractivity contribution in [2.75, 3.05) is 6.54 Å². The van der Waals surface area contributed by atoms with Crippen LogP contribution in [0.2, 0.25) is 0 Å². The third-order valence-corrected chi connectivity index (χ3v) is 3.95. The summed E-state index contributed by atoms with van der Waals surface area (Å²) in [5.74, 6) is 0. The first-order valence-corrected chi connectivity index (χ1v) is 6.51. The van der Waals surface area contributed by atoms with Crippen molar-refractivity contribution in [2.24, 2.45) is 0 Å². The molecule has 0 spiro atoms. The standard InChI is InChI=1S/C15H20N2/c1-4-10-5-6-13-12(9-10)11-7-8-16-15(2,3)14(11)17-13/h5-6,9,16-17H,4,7-8H2,1-3H3. The van der Waals surface area contributed by atoms with Gasteiger partial charge in [0.25, 0.3) is 0 Å². The normalized spacial score (nSPS) is 18.3. The molecule has 1 aliphatic rings. The summed E-state index contributed by atoms with van der Waals surface area (Å²) in [4.78, 5) is 3.60. The van der Waals surface area contributed by atoms with Gasteiger partial charge in [0.15, 0.2) is 0 Å². The summed E-state index contributed by atoms with van der Waals surface area (Å²) >= 11 is 0. The number of benzene rings is 1. The Kier molecular flexibility index (Phi) is 2.30. The third kappa shape index (κ3) is 1.59. The number of aromatic amines is 1. The SMILES string of the molecule is CCc1ccc2[nH]c3c(c2c1)CCNC3(C)C. The molecule has 0 amide bonds. The zero-order valence-corrected chi connectivity index (χ0v) is 10.9. The Morgan fingerprint density at radius 2 is 2.12 bits per heavy atom. The van der Waals surface area contributed by atoms with Gasteiger partial charge in [-0.1, -0.05) is 13.0 Å². The van der Waals surface area contributed by atoms with E-state index < -0.39 is 0 Å². The van der Waals surface area contributed by atoms with E-state index in [0.717, 1.165) is 19.4 Å². The fourth-order valence-electron chi connectivity index (χ4n) is 2.90. The Labute approximate surface area is 102 Å². The van der Waals surface area contributed by atoms with Gasteiger partial charge in [0, 0.05) is 23.1 Å². The van der Waals surface area contributed by atoms with Gasteiger partial charge in [0.2, 0.25) is 0 Å². The van der Waals surface area contributed by atoms with Crippen LogP contribution in [0.5, 0.6) is 0 Å². The van der Waals surface area contributed by atoms with Crippen molar-refractivity contribution in [2.45, 2.75) is 39.2 Å². The number of H-pyrrole nitrogens is 1. The number of hydrogen-bond acceptors (Lipinski definition) is 1. The summed E-state index contributed by atoms with van der Waals surface area (Å²) < 4.78 is 0. The van der Waals surface area contributed by atoms with Crippen molar-refractivity contribution in [1.82, 2.24) is 10.3 Å². The Bertz CT molecular complexity index is 564. The van der Waals surface area contributed by atoms with E-state index in [9.17, 15) is 0 Å². The Hall–Kier alpha value is -1.28. The lowest BCUT2D eigenvalue weighted by atomic mass is 9.90. The zero-order chi connectivity index (χ0) is 12.0. The summed E-state index contributed by atoms with van der Waals surface area (Å²) in [6.45, 7) is 7.79. The molecule has 0 saturated carbocycles. The van der Waals surface area contributed by atoms with E-state index >= 15 is 0 Å². The van der Waals surface area contributed by atoms with Crippen molar-refractivity contribution in [3.05, 3.63) is 35.0 Å². The first kappa shape index (κ1) is 10.8. The predicted octanol–water partition coefficient (Wildman–Crippen LogP) is 3.11. The number of rotatable bonds is 1. The maximum atomic E-state index is 3.60. The highest BCUT2D eigenvalue weighted by molar-refractivity contribution is 5.86. The molecule has 2 heteroatoms. The Morgan fingerprint density at radius 3 is 2.88 bits per heavy atom. The van der Waals surface area contributed by atoms with Crippen molar-refractivity contribution in [3.8, 4) is 0 Å². The molecule has 0 radical (unpaired) electrons. The van der Waals surface area contributed by atoms with Crippen LogP contribution in [0.4, 0.5) is 0 Å². The second kappa shape index (κ2) is 3.61. The molecule has 2 aromatic rings. The molecule has 0 fully saturated rings. The highest BCUT2D eigenvalue weighted by atomic mass is 15.0. The molecule has 0 aliphatic carbocycles. The summed E-state index contributed by atoms with van der Waals surface area (Å²) in [5.41, 5.74) is 5.66. The first-order chi connectivity index (χ1) is 8.12. The van der Waals surface area contributed by atoms with Gasteiger partial charge in [0.1, 0.15) is 0 Å². The van der Waals surface area contributed by atoms with Crippen LogP contribution in [0.15, 0.2) is 18.2 Å². The molecule has 1 aromatic carbocycles. The summed E-state index contributed by atoms with van der Waals surface area (Å²) in [5, 5.41) is 5.00. The van der Waals surface area contributed by atoms with E-state index in [2.05, 4.69) is 49.3 Å². The quantitative estimate of drug-likeness (QED) is 0.771. The first-order valence-electron chi connectivity index (χ1n) is 6.51. The number of nitrogens with one attached hydrogen (secondary N) is 2. The van der Waals surface area contributed by atoms with Crippen LogP contribution in [0.1, 0.15) is 37.6 Å². The molecule has 0 saturated heterocycles. The minimum atomic E-state index is 0.0684. The lowest BCUT2D eigenvalue weighted by Crippen LogP contribution is -2.42. The van der Waals surface area contributed by atoms with E-state index in [-0.39, 0.29) is 5.54 Å². The van der Waals surface area contributed by atoms with Gasteiger partial charge in [-0.25, -0.2) is 0 Å². The molecule has 0 bridgehead atoms. The highest BCUT2D eigenvalue weighted by Crippen LogP contribution is 2.33. The molecule has 2 nitrogen and oxygen atoms in total. The topological polar surface area (TPSA) is 27.8 Å². The average molecular weight is 228 g/mol. The van der Waals surface area contributed by atoms with Crippen molar-refractivity contribution < 1.29 is 0 Å². The second-order valence-electron chi connectivity index (χ2n) is 5.51. The number of aromatic nitrogens is 1. The molecule has 2 heterocycles.